The molecule has 0 saturated heterocycles. The number of rotatable bonds is 18. The van der Waals surface area contributed by atoms with Crippen molar-refractivity contribution in [1.82, 2.24) is 16.0 Å². The average molecular weight is 504 g/mol. The molecule has 0 spiro atoms. The summed E-state index contributed by atoms with van der Waals surface area (Å²) in [6, 6.07) is -6.12. The largest absolute Gasteiger partial charge is 0.481 e. The Morgan fingerprint density at radius 3 is 1.69 bits per heavy atom. The Balaban J connectivity index is 5.56. The van der Waals surface area contributed by atoms with Crippen LogP contribution in [0.4, 0.5) is 0 Å². The van der Waals surface area contributed by atoms with Crippen molar-refractivity contribution in [3.8, 4) is 0 Å². The highest BCUT2D eigenvalue weighted by Gasteiger charge is 2.31. The second-order valence-corrected chi connectivity index (χ2v) is 7.61. The zero-order valence-electron chi connectivity index (χ0n) is 18.9. The summed E-state index contributed by atoms with van der Waals surface area (Å²) >= 11 is 0. The topological polar surface area (TPSA) is 294 Å². The lowest BCUT2D eigenvalue weighted by Gasteiger charge is -2.24. The Hall–Kier alpha value is -3.79. The maximum atomic E-state index is 12.7. The second kappa shape index (κ2) is 15.9. The van der Waals surface area contributed by atoms with Gasteiger partial charge in [0, 0.05) is 6.42 Å². The van der Waals surface area contributed by atoms with Crippen LogP contribution in [0.2, 0.25) is 0 Å². The molecule has 12 N–H and O–H groups in total. The predicted molar refractivity (Wildman–Crippen MR) is 117 cm³/mol. The molecule has 0 aliphatic heterocycles. The molecule has 0 heterocycles. The molecule has 198 valence electrons. The smallest absolute Gasteiger partial charge is 0.326 e. The van der Waals surface area contributed by atoms with E-state index in [2.05, 4.69) is 10.6 Å². The van der Waals surface area contributed by atoms with Gasteiger partial charge in [-0.2, -0.15) is 0 Å². The summed E-state index contributed by atoms with van der Waals surface area (Å²) in [5.74, 6) is -8.25. The van der Waals surface area contributed by atoms with Crippen molar-refractivity contribution in [2.75, 3.05) is 6.54 Å². The lowest BCUT2D eigenvalue weighted by atomic mass is 10.1. The van der Waals surface area contributed by atoms with Gasteiger partial charge >= 0.3 is 17.9 Å². The summed E-state index contributed by atoms with van der Waals surface area (Å²) in [5, 5.41) is 33.6. The highest BCUT2D eigenvalue weighted by molar-refractivity contribution is 5.96. The Kier molecular flexibility index (Phi) is 14.2. The zero-order chi connectivity index (χ0) is 27.1. The summed E-state index contributed by atoms with van der Waals surface area (Å²) in [4.78, 5) is 81.7. The van der Waals surface area contributed by atoms with Gasteiger partial charge in [-0.15, -0.1) is 0 Å². The van der Waals surface area contributed by atoms with Gasteiger partial charge in [0.1, 0.15) is 18.1 Å². The van der Waals surface area contributed by atoms with Crippen molar-refractivity contribution in [2.24, 2.45) is 17.2 Å². The summed E-state index contributed by atoms with van der Waals surface area (Å²) in [7, 11) is 0. The van der Waals surface area contributed by atoms with Crippen molar-refractivity contribution < 1.29 is 48.9 Å². The van der Waals surface area contributed by atoms with Gasteiger partial charge in [-0.25, -0.2) is 4.79 Å². The van der Waals surface area contributed by atoms with E-state index in [0.29, 0.717) is 12.8 Å². The number of carbonyl (C=O) groups is 7. The van der Waals surface area contributed by atoms with Crippen LogP contribution in [0.1, 0.15) is 44.9 Å². The SMILES string of the molecule is NCCCCC(NC(=O)C(CC(=O)O)NC(=O)C(N)CC(=O)O)C(=O)NC(CCC(N)=O)C(=O)O. The van der Waals surface area contributed by atoms with Crippen LogP contribution in [-0.2, 0) is 33.6 Å². The first kappa shape index (κ1) is 31.2. The fourth-order valence-corrected chi connectivity index (χ4v) is 2.79. The van der Waals surface area contributed by atoms with Gasteiger partial charge in [-0.1, -0.05) is 0 Å². The fourth-order valence-electron chi connectivity index (χ4n) is 2.79. The number of carboxylic acid groups (broad SMARTS) is 3. The average Bonchev–Trinajstić information content (AvgIpc) is 2.73. The van der Waals surface area contributed by atoms with Gasteiger partial charge in [0.25, 0.3) is 0 Å². The fraction of sp³-hybridized carbons (Fsp3) is 0.632. The molecular formula is C19H32N6O10. The lowest BCUT2D eigenvalue weighted by Crippen LogP contribution is -2.57. The molecule has 0 aromatic rings. The van der Waals surface area contributed by atoms with Crippen molar-refractivity contribution in [3.63, 3.8) is 0 Å². The third kappa shape index (κ3) is 13.5. The monoisotopic (exact) mass is 504 g/mol. The van der Waals surface area contributed by atoms with Crippen molar-refractivity contribution >= 4 is 41.5 Å². The first-order valence-corrected chi connectivity index (χ1v) is 10.6. The van der Waals surface area contributed by atoms with E-state index in [1.54, 1.807) is 0 Å². The van der Waals surface area contributed by atoms with Crippen LogP contribution in [0.15, 0.2) is 0 Å². The van der Waals surface area contributed by atoms with Crippen LogP contribution < -0.4 is 33.2 Å². The Morgan fingerprint density at radius 1 is 0.686 bits per heavy atom. The lowest BCUT2D eigenvalue weighted by molar-refractivity contribution is -0.143. The molecule has 0 saturated carbocycles. The summed E-state index contributed by atoms with van der Waals surface area (Å²) in [6.07, 6.45) is -1.56. The highest BCUT2D eigenvalue weighted by Crippen LogP contribution is 2.06. The van der Waals surface area contributed by atoms with Crippen LogP contribution in [0, 0.1) is 0 Å². The second-order valence-electron chi connectivity index (χ2n) is 7.61. The Bertz CT molecular complexity index is 805. The molecule has 0 rings (SSSR count). The number of amides is 4. The molecule has 4 atom stereocenters. The van der Waals surface area contributed by atoms with Crippen LogP contribution in [0.3, 0.4) is 0 Å². The van der Waals surface area contributed by atoms with Crippen LogP contribution in [-0.4, -0.2) is 87.6 Å². The van der Waals surface area contributed by atoms with Crippen molar-refractivity contribution in [1.29, 1.82) is 0 Å². The predicted octanol–water partition coefficient (Wildman–Crippen LogP) is -3.80. The van der Waals surface area contributed by atoms with E-state index in [9.17, 15) is 38.7 Å². The number of nitrogens with one attached hydrogen (secondary N) is 3. The number of aliphatic carboxylic acids is 3. The highest BCUT2D eigenvalue weighted by atomic mass is 16.4. The van der Waals surface area contributed by atoms with Crippen molar-refractivity contribution in [2.45, 2.75) is 69.1 Å². The van der Waals surface area contributed by atoms with Crippen LogP contribution in [0.5, 0.6) is 0 Å². The van der Waals surface area contributed by atoms with Gasteiger partial charge in [0.15, 0.2) is 0 Å². The van der Waals surface area contributed by atoms with Gasteiger partial charge in [-0.3, -0.25) is 28.8 Å². The van der Waals surface area contributed by atoms with E-state index in [1.165, 1.54) is 0 Å². The maximum Gasteiger partial charge on any atom is 0.326 e. The quantitative estimate of drug-likeness (QED) is 0.0812. The molecule has 4 unspecified atom stereocenters. The van der Waals surface area contributed by atoms with Crippen LogP contribution in [0.25, 0.3) is 0 Å². The maximum absolute atomic E-state index is 12.7. The van der Waals surface area contributed by atoms with E-state index in [-0.39, 0.29) is 25.8 Å². The molecule has 16 heteroatoms. The third-order valence-electron chi connectivity index (χ3n) is 4.62. The molecule has 0 bridgehead atoms. The van der Waals surface area contributed by atoms with E-state index >= 15 is 0 Å². The number of hydrogen-bond donors (Lipinski definition) is 9. The zero-order valence-corrected chi connectivity index (χ0v) is 18.9. The minimum Gasteiger partial charge on any atom is -0.481 e. The van der Waals surface area contributed by atoms with Gasteiger partial charge < -0.3 is 48.5 Å². The van der Waals surface area contributed by atoms with Gasteiger partial charge in [0.2, 0.25) is 23.6 Å². The minimum absolute atomic E-state index is 0.0107. The van der Waals surface area contributed by atoms with E-state index < -0.39 is 78.5 Å². The van der Waals surface area contributed by atoms with Crippen molar-refractivity contribution in [3.05, 3.63) is 0 Å². The van der Waals surface area contributed by atoms with E-state index in [1.807, 2.05) is 5.32 Å². The molecular weight excluding hydrogens is 472 g/mol. The first-order valence-electron chi connectivity index (χ1n) is 10.6. The minimum atomic E-state index is -1.71. The standard InChI is InChI=1S/C19H32N6O10/c20-6-2-1-3-10(17(32)24-11(19(34)35)4-5-13(22)26)23-18(33)12(8-15(29)30)25-16(31)9(21)7-14(27)28/h9-12H,1-8,20-21H2,(H2,22,26)(H,23,33)(H,24,32)(H,25,31)(H,27,28)(H,29,30)(H,34,35). The first-order chi connectivity index (χ1) is 16.3. The molecule has 4 amide bonds. The number of unbranched alkanes of at least 4 members (excludes halogenated alkanes) is 1. The number of carbonyl (C=O) groups excluding carboxylic acids is 4. The Morgan fingerprint density at radius 2 is 1.20 bits per heavy atom. The molecule has 0 aliphatic rings. The van der Waals surface area contributed by atoms with E-state index in [0.717, 1.165) is 0 Å². The number of hydrogen-bond acceptors (Lipinski definition) is 9. The molecule has 16 nitrogen and oxygen atoms in total. The molecule has 0 fully saturated rings. The summed E-state index contributed by atoms with van der Waals surface area (Å²) in [5.41, 5.74) is 15.9. The molecule has 35 heavy (non-hydrogen) atoms. The number of nitrogens with two attached hydrogens (primary N) is 3. The number of primary amides is 1. The molecule has 0 aromatic heterocycles. The Labute approximate surface area is 199 Å². The number of carboxylic acids is 3. The molecule has 0 aromatic carbocycles. The van der Waals surface area contributed by atoms with Gasteiger partial charge in [-0.05, 0) is 32.2 Å². The summed E-state index contributed by atoms with van der Waals surface area (Å²) in [6.45, 7) is 0.262. The third-order valence-corrected chi connectivity index (χ3v) is 4.62. The molecule has 0 radical (unpaired) electrons. The summed E-state index contributed by atoms with van der Waals surface area (Å²) < 4.78 is 0. The van der Waals surface area contributed by atoms with Crippen LogP contribution >= 0.6 is 0 Å². The normalized spacial score (nSPS) is 14.0. The van der Waals surface area contributed by atoms with E-state index in [4.69, 9.17) is 27.4 Å². The van der Waals surface area contributed by atoms with Gasteiger partial charge in [0.05, 0.1) is 18.9 Å². The molecule has 0 aliphatic carbocycles.